The molecule has 0 aliphatic heterocycles. The number of anilines is 1. The number of amides is 1. The normalized spacial score (nSPS) is 14.9. The summed E-state index contributed by atoms with van der Waals surface area (Å²) in [7, 11) is 0. The van der Waals surface area contributed by atoms with Gasteiger partial charge in [0.1, 0.15) is 0 Å². The SMILES string of the molecule is Cc1ccc(NC(=O)[C@@H](C)Sc2nnc(-c3cccs3)n2C2CC2)c(C)c1. The van der Waals surface area contributed by atoms with Gasteiger partial charge in [-0.15, -0.1) is 21.5 Å². The van der Waals surface area contributed by atoms with Gasteiger partial charge in [-0.25, -0.2) is 0 Å². The second-order valence-corrected chi connectivity index (χ2v) is 9.21. The highest BCUT2D eigenvalue weighted by Gasteiger charge is 2.31. The molecule has 1 saturated carbocycles. The molecule has 2 aromatic heterocycles. The first kappa shape index (κ1) is 18.3. The van der Waals surface area contributed by atoms with E-state index in [9.17, 15) is 4.79 Å². The van der Waals surface area contributed by atoms with E-state index in [-0.39, 0.29) is 11.2 Å². The lowest BCUT2D eigenvalue weighted by Crippen LogP contribution is -2.23. The Morgan fingerprint density at radius 3 is 2.78 bits per heavy atom. The number of carbonyl (C=O) groups excluding carboxylic acids is 1. The molecule has 1 atom stereocenters. The Labute approximate surface area is 167 Å². The van der Waals surface area contributed by atoms with Crippen LogP contribution in [0.3, 0.4) is 0 Å². The Hall–Kier alpha value is -2.12. The molecule has 1 fully saturated rings. The Morgan fingerprint density at radius 1 is 1.30 bits per heavy atom. The molecule has 0 unspecified atom stereocenters. The van der Waals surface area contributed by atoms with Gasteiger partial charge in [-0.1, -0.05) is 35.5 Å². The maximum absolute atomic E-state index is 12.7. The number of nitrogens with one attached hydrogen (secondary N) is 1. The average Bonchev–Trinajstić information content (AvgIpc) is 3.16. The molecular weight excluding hydrogens is 376 g/mol. The molecule has 27 heavy (non-hydrogen) atoms. The average molecular weight is 399 g/mol. The predicted molar refractivity (Wildman–Crippen MR) is 111 cm³/mol. The third-order valence-electron chi connectivity index (χ3n) is 4.61. The Kier molecular flexibility index (Phi) is 5.06. The summed E-state index contributed by atoms with van der Waals surface area (Å²) in [6, 6.07) is 10.6. The number of benzene rings is 1. The van der Waals surface area contributed by atoms with Gasteiger partial charge < -0.3 is 5.32 Å². The minimum Gasteiger partial charge on any atom is -0.325 e. The van der Waals surface area contributed by atoms with Gasteiger partial charge in [0.15, 0.2) is 11.0 Å². The van der Waals surface area contributed by atoms with E-state index in [1.165, 1.54) is 17.3 Å². The van der Waals surface area contributed by atoms with Crippen molar-refractivity contribution < 1.29 is 4.79 Å². The summed E-state index contributed by atoms with van der Waals surface area (Å²) in [6.45, 7) is 5.98. The van der Waals surface area contributed by atoms with Crippen LogP contribution in [0, 0.1) is 13.8 Å². The smallest absolute Gasteiger partial charge is 0.237 e. The number of carbonyl (C=O) groups is 1. The van der Waals surface area contributed by atoms with Crippen molar-refractivity contribution in [2.24, 2.45) is 0 Å². The van der Waals surface area contributed by atoms with Crippen LogP contribution in [-0.4, -0.2) is 25.9 Å². The summed E-state index contributed by atoms with van der Waals surface area (Å²) in [5.41, 5.74) is 3.12. The molecule has 1 aliphatic carbocycles. The van der Waals surface area contributed by atoms with Crippen LogP contribution in [0.1, 0.15) is 36.9 Å². The van der Waals surface area contributed by atoms with E-state index in [4.69, 9.17) is 0 Å². The molecule has 1 amide bonds. The van der Waals surface area contributed by atoms with E-state index in [1.807, 2.05) is 44.4 Å². The van der Waals surface area contributed by atoms with Crippen LogP contribution >= 0.6 is 23.1 Å². The van der Waals surface area contributed by atoms with Crippen LogP contribution < -0.4 is 5.32 Å². The monoisotopic (exact) mass is 398 g/mol. The van der Waals surface area contributed by atoms with Crippen LogP contribution in [0.15, 0.2) is 40.9 Å². The maximum atomic E-state index is 12.7. The fourth-order valence-corrected chi connectivity index (χ4v) is 4.62. The van der Waals surface area contributed by atoms with Gasteiger partial charge in [-0.05, 0) is 56.7 Å². The predicted octanol–water partition coefficient (Wildman–Crippen LogP) is 5.08. The van der Waals surface area contributed by atoms with E-state index in [1.54, 1.807) is 11.3 Å². The molecule has 1 aromatic carbocycles. The summed E-state index contributed by atoms with van der Waals surface area (Å²) < 4.78 is 2.21. The third-order valence-corrected chi connectivity index (χ3v) is 6.53. The molecule has 1 aliphatic rings. The van der Waals surface area contributed by atoms with Gasteiger partial charge in [0, 0.05) is 11.7 Å². The minimum atomic E-state index is -0.261. The highest BCUT2D eigenvalue weighted by atomic mass is 32.2. The number of nitrogens with zero attached hydrogens (tertiary/aromatic N) is 3. The standard InChI is InChI=1S/C20H22N4OS2/c1-12-6-9-16(13(2)11-12)21-19(25)14(3)27-20-23-22-18(17-5-4-10-26-17)24(20)15-7-8-15/h4-6,9-11,14-15H,7-8H2,1-3H3,(H,21,25)/t14-/m1/s1. The molecule has 140 valence electrons. The summed E-state index contributed by atoms with van der Waals surface area (Å²) in [5.74, 6) is 0.895. The van der Waals surface area contributed by atoms with Gasteiger partial charge in [0.05, 0.1) is 10.1 Å². The third kappa shape index (κ3) is 3.94. The first-order chi connectivity index (χ1) is 13.0. The van der Waals surface area contributed by atoms with Crippen molar-refractivity contribution in [1.29, 1.82) is 0 Å². The van der Waals surface area contributed by atoms with Gasteiger partial charge in [-0.2, -0.15) is 0 Å². The van der Waals surface area contributed by atoms with Gasteiger partial charge in [0.2, 0.25) is 5.91 Å². The van der Waals surface area contributed by atoms with Crippen molar-refractivity contribution >= 4 is 34.7 Å². The van der Waals surface area contributed by atoms with Crippen molar-refractivity contribution in [1.82, 2.24) is 14.8 Å². The number of rotatable bonds is 6. The van der Waals surface area contributed by atoms with Crippen LogP contribution in [0.4, 0.5) is 5.69 Å². The fraction of sp³-hybridized carbons (Fsp3) is 0.350. The van der Waals surface area contributed by atoms with Crippen molar-refractivity contribution in [2.45, 2.75) is 50.1 Å². The zero-order valence-corrected chi connectivity index (χ0v) is 17.2. The number of hydrogen-bond donors (Lipinski definition) is 1. The van der Waals surface area contributed by atoms with Crippen molar-refractivity contribution in [3.8, 4) is 10.7 Å². The first-order valence-corrected chi connectivity index (χ1v) is 10.8. The summed E-state index contributed by atoms with van der Waals surface area (Å²) in [4.78, 5) is 13.8. The number of aromatic nitrogens is 3. The summed E-state index contributed by atoms with van der Waals surface area (Å²) in [6.07, 6.45) is 2.29. The van der Waals surface area contributed by atoms with E-state index in [0.29, 0.717) is 6.04 Å². The minimum absolute atomic E-state index is 0.0185. The Balaban J connectivity index is 1.51. The van der Waals surface area contributed by atoms with Crippen molar-refractivity contribution in [2.75, 3.05) is 5.32 Å². The molecule has 0 bridgehead atoms. The molecule has 2 heterocycles. The molecule has 0 spiro atoms. The van der Waals surface area contributed by atoms with Crippen LogP contribution in [-0.2, 0) is 4.79 Å². The molecule has 3 aromatic rings. The zero-order chi connectivity index (χ0) is 19.0. The maximum Gasteiger partial charge on any atom is 0.237 e. The lowest BCUT2D eigenvalue weighted by molar-refractivity contribution is -0.115. The molecule has 0 radical (unpaired) electrons. The largest absolute Gasteiger partial charge is 0.325 e. The van der Waals surface area contributed by atoms with E-state index in [2.05, 4.69) is 32.2 Å². The lowest BCUT2D eigenvalue weighted by atomic mass is 10.1. The summed E-state index contributed by atoms with van der Waals surface area (Å²) >= 11 is 3.14. The lowest BCUT2D eigenvalue weighted by Gasteiger charge is -2.14. The second kappa shape index (κ2) is 7.48. The molecule has 0 saturated heterocycles. The fourth-order valence-electron chi connectivity index (χ4n) is 2.99. The van der Waals surface area contributed by atoms with Crippen molar-refractivity contribution in [3.05, 3.63) is 46.8 Å². The topological polar surface area (TPSA) is 59.8 Å². The van der Waals surface area contributed by atoms with Gasteiger partial charge in [-0.3, -0.25) is 9.36 Å². The highest BCUT2D eigenvalue weighted by molar-refractivity contribution is 8.00. The Morgan fingerprint density at radius 2 is 2.11 bits per heavy atom. The molecule has 1 N–H and O–H groups in total. The van der Waals surface area contributed by atoms with E-state index in [0.717, 1.165) is 40.0 Å². The summed E-state index contributed by atoms with van der Waals surface area (Å²) in [5, 5.41) is 14.5. The molecule has 5 nitrogen and oxygen atoms in total. The molecule has 4 rings (SSSR count). The van der Waals surface area contributed by atoms with Crippen LogP contribution in [0.25, 0.3) is 10.7 Å². The molecule has 7 heteroatoms. The highest BCUT2D eigenvalue weighted by Crippen LogP contribution is 2.42. The number of thiophene rings is 1. The first-order valence-electron chi connectivity index (χ1n) is 9.06. The molecular formula is C20H22N4OS2. The van der Waals surface area contributed by atoms with Crippen LogP contribution in [0.5, 0.6) is 0 Å². The number of thioether (sulfide) groups is 1. The van der Waals surface area contributed by atoms with E-state index >= 15 is 0 Å². The van der Waals surface area contributed by atoms with Crippen LogP contribution in [0.2, 0.25) is 0 Å². The second-order valence-electron chi connectivity index (χ2n) is 6.95. The quantitative estimate of drug-likeness (QED) is 0.589. The number of aryl methyl sites for hydroxylation is 2. The van der Waals surface area contributed by atoms with E-state index < -0.39 is 0 Å². The van der Waals surface area contributed by atoms with Crippen molar-refractivity contribution in [3.63, 3.8) is 0 Å². The van der Waals surface area contributed by atoms with Gasteiger partial charge in [0.25, 0.3) is 0 Å². The number of hydrogen-bond acceptors (Lipinski definition) is 5. The zero-order valence-electron chi connectivity index (χ0n) is 15.6. The van der Waals surface area contributed by atoms with Gasteiger partial charge >= 0.3 is 0 Å². The Bertz CT molecular complexity index is 961.